The van der Waals surface area contributed by atoms with Gasteiger partial charge in [0.15, 0.2) is 5.13 Å². The highest BCUT2D eigenvalue weighted by atomic mass is 32.1. The summed E-state index contributed by atoms with van der Waals surface area (Å²) in [7, 11) is 0. The first-order valence-electron chi connectivity index (χ1n) is 8.50. The summed E-state index contributed by atoms with van der Waals surface area (Å²) in [5, 5.41) is 4.78. The van der Waals surface area contributed by atoms with Crippen molar-refractivity contribution in [2.24, 2.45) is 5.41 Å². The van der Waals surface area contributed by atoms with Gasteiger partial charge in [-0.15, -0.1) is 11.3 Å². The Balaban J connectivity index is 2.10. The molecule has 2 rings (SSSR count). The molecule has 0 amide bonds. The van der Waals surface area contributed by atoms with Gasteiger partial charge in [-0.1, -0.05) is 34.1 Å². The Kier molecular flexibility index (Phi) is 6.06. The van der Waals surface area contributed by atoms with E-state index >= 15 is 0 Å². The molecule has 1 aliphatic heterocycles. The van der Waals surface area contributed by atoms with Gasteiger partial charge in [0.25, 0.3) is 0 Å². The minimum absolute atomic E-state index is 0.426. The van der Waals surface area contributed by atoms with Gasteiger partial charge in [-0.05, 0) is 37.6 Å². The standard InChI is InChI=1S/C17H31N3S/c1-5-8-14-15(12-18-10-6-2)21-16(19-14)20-11-7-9-17(3,4)13-20/h18H,5-13H2,1-4H3. The third-order valence-electron chi connectivity index (χ3n) is 4.14. The maximum absolute atomic E-state index is 4.97. The van der Waals surface area contributed by atoms with E-state index in [1.807, 2.05) is 11.3 Å². The zero-order valence-electron chi connectivity index (χ0n) is 14.2. The molecule has 0 unspecified atom stereocenters. The van der Waals surface area contributed by atoms with E-state index in [1.54, 1.807) is 0 Å². The van der Waals surface area contributed by atoms with E-state index in [1.165, 1.54) is 47.9 Å². The summed E-state index contributed by atoms with van der Waals surface area (Å²) in [5.74, 6) is 0. The summed E-state index contributed by atoms with van der Waals surface area (Å²) in [6.07, 6.45) is 6.10. The van der Waals surface area contributed by atoms with Crippen LogP contribution in [0.15, 0.2) is 0 Å². The second-order valence-corrected chi connectivity index (χ2v) is 8.04. The van der Waals surface area contributed by atoms with E-state index < -0.39 is 0 Å². The molecule has 4 heteroatoms. The van der Waals surface area contributed by atoms with Gasteiger partial charge in [0.05, 0.1) is 5.69 Å². The molecule has 1 aromatic heterocycles. The van der Waals surface area contributed by atoms with Crippen molar-refractivity contribution in [3.8, 4) is 0 Å². The number of thiazole rings is 1. The molecule has 0 saturated carbocycles. The number of rotatable bonds is 7. The van der Waals surface area contributed by atoms with Crippen molar-refractivity contribution in [1.29, 1.82) is 0 Å². The summed E-state index contributed by atoms with van der Waals surface area (Å²) >= 11 is 1.91. The number of hydrogen-bond acceptors (Lipinski definition) is 4. The molecule has 0 atom stereocenters. The molecule has 1 N–H and O–H groups in total. The number of aryl methyl sites for hydroxylation is 1. The molecule has 21 heavy (non-hydrogen) atoms. The van der Waals surface area contributed by atoms with Crippen LogP contribution in [-0.4, -0.2) is 24.6 Å². The van der Waals surface area contributed by atoms with Crippen LogP contribution in [0, 0.1) is 5.41 Å². The quantitative estimate of drug-likeness (QED) is 0.764. The van der Waals surface area contributed by atoms with Crippen molar-refractivity contribution >= 4 is 16.5 Å². The number of anilines is 1. The Morgan fingerprint density at radius 2 is 2.10 bits per heavy atom. The van der Waals surface area contributed by atoms with Crippen molar-refractivity contribution in [2.45, 2.75) is 66.3 Å². The predicted molar refractivity (Wildman–Crippen MR) is 93.3 cm³/mol. The average molecular weight is 310 g/mol. The van der Waals surface area contributed by atoms with Crippen molar-refractivity contribution in [2.75, 3.05) is 24.5 Å². The lowest BCUT2D eigenvalue weighted by Gasteiger charge is -2.37. The van der Waals surface area contributed by atoms with Crippen molar-refractivity contribution < 1.29 is 0 Å². The number of aromatic nitrogens is 1. The molecule has 3 nitrogen and oxygen atoms in total. The minimum atomic E-state index is 0.426. The van der Waals surface area contributed by atoms with Crippen LogP contribution in [0.5, 0.6) is 0 Å². The van der Waals surface area contributed by atoms with Crippen molar-refractivity contribution in [3.63, 3.8) is 0 Å². The molecule has 0 bridgehead atoms. The lowest BCUT2D eigenvalue weighted by atomic mass is 9.84. The number of piperidine rings is 1. The van der Waals surface area contributed by atoms with E-state index in [0.29, 0.717) is 5.41 Å². The van der Waals surface area contributed by atoms with Gasteiger partial charge in [0.1, 0.15) is 0 Å². The highest BCUT2D eigenvalue weighted by Crippen LogP contribution is 2.34. The zero-order valence-corrected chi connectivity index (χ0v) is 15.0. The fraction of sp³-hybridized carbons (Fsp3) is 0.824. The molecular formula is C17H31N3S. The molecule has 1 fully saturated rings. The Bertz CT molecular complexity index is 439. The first-order chi connectivity index (χ1) is 10.1. The molecule has 2 heterocycles. The SMILES string of the molecule is CCCNCc1sc(N2CCCC(C)(C)C2)nc1CCC. The maximum Gasteiger partial charge on any atom is 0.185 e. The smallest absolute Gasteiger partial charge is 0.185 e. The number of nitrogens with zero attached hydrogens (tertiary/aromatic N) is 2. The number of nitrogens with one attached hydrogen (secondary N) is 1. The van der Waals surface area contributed by atoms with Crippen molar-refractivity contribution in [3.05, 3.63) is 10.6 Å². The van der Waals surface area contributed by atoms with E-state index in [4.69, 9.17) is 4.98 Å². The lowest BCUT2D eigenvalue weighted by Crippen LogP contribution is -2.40. The van der Waals surface area contributed by atoms with E-state index in [-0.39, 0.29) is 0 Å². The summed E-state index contributed by atoms with van der Waals surface area (Å²) in [4.78, 5) is 8.93. The summed E-state index contributed by atoms with van der Waals surface area (Å²) in [6, 6.07) is 0. The Morgan fingerprint density at radius 1 is 1.29 bits per heavy atom. The minimum Gasteiger partial charge on any atom is -0.348 e. The predicted octanol–water partition coefficient (Wildman–Crippen LogP) is 4.22. The first-order valence-corrected chi connectivity index (χ1v) is 9.31. The Hall–Kier alpha value is -0.610. The Morgan fingerprint density at radius 3 is 2.76 bits per heavy atom. The van der Waals surface area contributed by atoms with Crippen LogP contribution in [0.4, 0.5) is 5.13 Å². The van der Waals surface area contributed by atoms with Gasteiger partial charge in [0.2, 0.25) is 0 Å². The Labute approximate surface area is 134 Å². The van der Waals surface area contributed by atoms with Gasteiger partial charge in [-0.25, -0.2) is 4.98 Å². The van der Waals surface area contributed by atoms with Crippen LogP contribution in [0.25, 0.3) is 0 Å². The van der Waals surface area contributed by atoms with Crippen LogP contribution in [0.1, 0.15) is 63.9 Å². The molecule has 0 spiro atoms. The van der Waals surface area contributed by atoms with Crippen LogP contribution >= 0.6 is 11.3 Å². The third kappa shape index (κ3) is 4.68. The fourth-order valence-electron chi connectivity index (χ4n) is 3.04. The molecule has 0 radical (unpaired) electrons. The van der Waals surface area contributed by atoms with Gasteiger partial charge in [-0.2, -0.15) is 0 Å². The molecule has 1 aromatic rings. The molecular weight excluding hydrogens is 278 g/mol. The fourth-order valence-corrected chi connectivity index (χ4v) is 4.14. The second-order valence-electron chi connectivity index (χ2n) is 6.98. The van der Waals surface area contributed by atoms with Gasteiger partial charge in [0, 0.05) is 24.5 Å². The van der Waals surface area contributed by atoms with Crippen LogP contribution in [-0.2, 0) is 13.0 Å². The highest BCUT2D eigenvalue weighted by Gasteiger charge is 2.28. The second kappa shape index (κ2) is 7.59. The molecule has 0 aromatic carbocycles. The maximum atomic E-state index is 4.97. The normalized spacial score (nSPS) is 18.2. The molecule has 120 valence electrons. The molecule has 1 aliphatic rings. The molecule has 0 aliphatic carbocycles. The monoisotopic (exact) mass is 309 g/mol. The topological polar surface area (TPSA) is 28.2 Å². The average Bonchev–Trinajstić information content (AvgIpc) is 2.82. The van der Waals surface area contributed by atoms with Gasteiger partial charge >= 0.3 is 0 Å². The van der Waals surface area contributed by atoms with Gasteiger partial charge in [-0.3, -0.25) is 0 Å². The van der Waals surface area contributed by atoms with Crippen LogP contribution in [0.3, 0.4) is 0 Å². The lowest BCUT2D eigenvalue weighted by molar-refractivity contribution is 0.293. The largest absolute Gasteiger partial charge is 0.348 e. The molecule has 1 saturated heterocycles. The van der Waals surface area contributed by atoms with Crippen molar-refractivity contribution in [1.82, 2.24) is 10.3 Å². The summed E-state index contributed by atoms with van der Waals surface area (Å²) in [5.41, 5.74) is 1.75. The van der Waals surface area contributed by atoms with Crippen LogP contribution < -0.4 is 10.2 Å². The zero-order chi connectivity index (χ0) is 15.3. The van der Waals surface area contributed by atoms with E-state index in [0.717, 1.165) is 26.1 Å². The summed E-state index contributed by atoms with van der Waals surface area (Å²) < 4.78 is 0. The number of hydrogen-bond donors (Lipinski definition) is 1. The third-order valence-corrected chi connectivity index (χ3v) is 5.30. The van der Waals surface area contributed by atoms with E-state index in [9.17, 15) is 0 Å². The van der Waals surface area contributed by atoms with Gasteiger partial charge < -0.3 is 10.2 Å². The highest BCUT2D eigenvalue weighted by molar-refractivity contribution is 7.15. The van der Waals surface area contributed by atoms with Crippen LogP contribution in [0.2, 0.25) is 0 Å². The van der Waals surface area contributed by atoms with E-state index in [2.05, 4.69) is 37.9 Å². The first kappa shape index (κ1) is 16.8. The summed E-state index contributed by atoms with van der Waals surface area (Å²) in [6.45, 7) is 13.6.